The molecule has 2 amide bonds. The Hall–Kier alpha value is -2.87. The summed E-state index contributed by atoms with van der Waals surface area (Å²) in [6.07, 6.45) is 4.18. The second-order valence-corrected chi connectivity index (χ2v) is 7.94. The van der Waals surface area contributed by atoms with E-state index in [1.165, 1.54) is 7.11 Å². The van der Waals surface area contributed by atoms with Gasteiger partial charge in [0.2, 0.25) is 11.8 Å². The lowest BCUT2D eigenvalue weighted by molar-refractivity contribution is -0.146. The summed E-state index contributed by atoms with van der Waals surface area (Å²) >= 11 is 0. The number of rotatable bonds is 6. The van der Waals surface area contributed by atoms with Gasteiger partial charge in [0.05, 0.1) is 13.5 Å². The summed E-state index contributed by atoms with van der Waals surface area (Å²) in [7, 11) is 1.33. The fourth-order valence-corrected chi connectivity index (χ4v) is 4.43. The molecule has 2 aromatic rings. The Kier molecular flexibility index (Phi) is 6.03. The summed E-state index contributed by atoms with van der Waals surface area (Å²) < 4.78 is 6.78. The summed E-state index contributed by atoms with van der Waals surface area (Å²) in [5.74, 6) is -0.416. The van der Waals surface area contributed by atoms with E-state index in [2.05, 4.69) is 5.32 Å². The number of methoxy groups -OCH3 is 1. The van der Waals surface area contributed by atoms with E-state index in [4.69, 9.17) is 4.74 Å². The number of hydrogen-bond donors (Lipinski definition) is 1. The molecule has 8 heteroatoms. The Bertz CT molecular complexity index is 948. The zero-order chi connectivity index (χ0) is 21.1. The molecule has 2 fully saturated rings. The molecule has 0 radical (unpaired) electrons. The van der Waals surface area contributed by atoms with Crippen LogP contribution in [0.15, 0.2) is 30.5 Å². The van der Waals surface area contributed by atoms with Crippen LogP contribution in [0.3, 0.4) is 0 Å². The predicted molar refractivity (Wildman–Crippen MR) is 112 cm³/mol. The lowest BCUT2D eigenvalue weighted by Crippen LogP contribution is -2.55. The molecule has 8 nitrogen and oxygen atoms in total. The zero-order valence-electron chi connectivity index (χ0n) is 17.3. The smallest absolute Gasteiger partial charge is 0.307 e. The number of carbonyl (C=O) groups excluding carboxylic acids is 3. The molecule has 1 aromatic carbocycles. The molecule has 2 saturated heterocycles. The highest BCUT2D eigenvalue weighted by Crippen LogP contribution is 2.25. The Morgan fingerprint density at radius 2 is 1.93 bits per heavy atom. The number of amides is 2. The van der Waals surface area contributed by atoms with Gasteiger partial charge in [-0.25, -0.2) is 0 Å². The summed E-state index contributed by atoms with van der Waals surface area (Å²) in [6.45, 7) is 3.71. The average Bonchev–Trinajstić information content (AvgIpc) is 3.40. The van der Waals surface area contributed by atoms with Crippen LogP contribution in [0.2, 0.25) is 0 Å². The topological polar surface area (TPSA) is 83.9 Å². The van der Waals surface area contributed by atoms with Crippen LogP contribution in [0.4, 0.5) is 0 Å². The number of nitrogens with one attached hydrogen (secondary N) is 1. The van der Waals surface area contributed by atoms with Crippen LogP contribution in [0.1, 0.15) is 24.8 Å². The highest BCUT2D eigenvalue weighted by molar-refractivity contribution is 5.88. The molecule has 0 aliphatic carbocycles. The van der Waals surface area contributed by atoms with Crippen LogP contribution in [0.5, 0.6) is 0 Å². The molecule has 0 unspecified atom stereocenters. The molecule has 1 atom stereocenters. The predicted octanol–water partition coefficient (Wildman–Crippen LogP) is 1.13. The third-order valence-corrected chi connectivity index (χ3v) is 6.04. The van der Waals surface area contributed by atoms with Crippen LogP contribution in [0, 0.1) is 0 Å². The summed E-state index contributed by atoms with van der Waals surface area (Å²) in [5, 5.41) is 3.90. The highest BCUT2D eigenvalue weighted by Gasteiger charge is 2.32. The van der Waals surface area contributed by atoms with Crippen molar-refractivity contribution in [3.8, 4) is 0 Å². The second kappa shape index (κ2) is 8.87. The van der Waals surface area contributed by atoms with Crippen molar-refractivity contribution in [2.24, 2.45) is 0 Å². The monoisotopic (exact) mass is 412 g/mol. The van der Waals surface area contributed by atoms with Crippen LogP contribution >= 0.6 is 0 Å². The number of para-hydroxylation sites is 1. The maximum Gasteiger partial charge on any atom is 0.307 e. The van der Waals surface area contributed by atoms with E-state index in [0.717, 1.165) is 42.4 Å². The van der Waals surface area contributed by atoms with E-state index in [1.807, 2.05) is 44.8 Å². The van der Waals surface area contributed by atoms with Crippen molar-refractivity contribution >= 4 is 28.7 Å². The minimum absolute atomic E-state index is 0.0222. The van der Waals surface area contributed by atoms with Gasteiger partial charge in [-0.15, -0.1) is 0 Å². The van der Waals surface area contributed by atoms with Crippen molar-refractivity contribution < 1.29 is 19.1 Å². The third kappa shape index (κ3) is 4.18. The first kappa shape index (κ1) is 20.4. The lowest BCUT2D eigenvalue weighted by atomic mass is 10.1. The van der Waals surface area contributed by atoms with Crippen molar-refractivity contribution in [3.63, 3.8) is 0 Å². The van der Waals surface area contributed by atoms with Gasteiger partial charge >= 0.3 is 5.97 Å². The van der Waals surface area contributed by atoms with Crippen molar-refractivity contribution in [3.05, 3.63) is 36.0 Å². The zero-order valence-corrected chi connectivity index (χ0v) is 17.3. The summed E-state index contributed by atoms with van der Waals surface area (Å²) in [5.41, 5.74) is 2.05. The van der Waals surface area contributed by atoms with Gasteiger partial charge in [-0.3, -0.25) is 19.3 Å². The molecule has 30 heavy (non-hydrogen) atoms. The number of ether oxygens (including phenoxy) is 1. The average molecular weight is 412 g/mol. The maximum atomic E-state index is 12.7. The molecule has 3 heterocycles. The highest BCUT2D eigenvalue weighted by atomic mass is 16.5. The Morgan fingerprint density at radius 3 is 2.70 bits per heavy atom. The van der Waals surface area contributed by atoms with Crippen LogP contribution < -0.4 is 5.32 Å². The second-order valence-electron chi connectivity index (χ2n) is 7.94. The molecule has 0 spiro atoms. The molecular formula is C22H28N4O4. The first-order valence-electron chi connectivity index (χ1n) is 10.5. The van der Waals surface area contributed by atoms with Crippen molar-refractivity contribution in [1.82, 2.24) is 19.7 Å². The number of likely N-dealkylation sites (tertiary alicyclic amines) is 1. The van der Waals surface area contributed by atoms with E-state index in [9.17, 15) is 14.4 Å². The van der Waals surface area contributed by atoms with E-state index < -0.39 is 12.0 Å². The van der Waals surface area contributed by atoms with Crippen LogP contribution in [0.25, 0.3) is 10.9 Å². The van der Waals surface area contributed by atoms with E-state index in [1.54, 1.807) is 0 Å². The van der Waals surface area contributed by atoms with Gasteiger partial charge in [-0.2, -0.15) is 0 Å². The minimum atomic E-state index is -0.556. The van der Waals surface area contributed by atoms with Gasteiger partial charge in [0.25, 0.3) is 0 Å². The van der Waals surface area contributed by atoms with E-state index >= 15 is 0 Å². The molecule has 2 aliphatic rings. The Morgan fingerprint density at radius 1 is 1.17 bits per heavy atom. The molecule has 0 saturated carbocycles. The molecule has 1 aromatic heterocycles. The van der Waals surface area contributed by atoms with Crippen LogP contribution in [-0.2, 0) is 32.2 Å². The number of esters is 1. The van der Waals surface area contributed by atoms with Gasteiger partial charge in [-0.05, 0) is 24.5 Å². The Labute approximate surface area is 175 Å². The number of hydrogen-bond acceptors (Lipinski definition) is 5. The SMILES string of the molecule is COC(=O)C[C@H]1C(=O)NCCN1Cc1cn(CC(=O)N2CCCC2)c2ccccc12. The van der Waals surface area contributed by atoms with E-state index in [0.29, 0.717) is 26.2 Å². The standard InChI is InChI=1S/C22H28N4O4/c1-30-21(28)12-19-22(29)23-8-11-25(19)13-16-14-26(18-7-3-2-6-17(16)18)15-20(27)24-9-4-5-10-24/h2-3,6-7,14,19H,4-5,8-13,15H2,1H3,(H,23,29)/t19-/m0/s1. The van der Waals surface area contributed by atoms with E-state index in [-0.39, 0.29) is 18.2 Å². The fraction of sp³-hybridized carbons (Fsp3) is 0.500. The molecular weight excluding hydrogens is 384 g/mol. The fourth-order valence-electron chi connectivity index (χ4n) is 4.43. The van der Waals surface area contributed by atoms with Gasteiger partial charge in [0, 0.05) is 49.8 Å². The van der Waals surface area contributed by atoms with Gasteiger partial charge in [-0.1, -0.05) is 18.2 Å². The molecule has 4 rings (SSSR count). The van der Waals surface area contributed by atoms with Gasteiger partial charge in [0.1, 0.15) is 12.6 Å². The summed E-state index contributed by atoms with van der Waals surface area (Å²) in [4.78, 5) is 40.8. The van der Waals surface area contributed by atoms with Crippen molar-refractivity contribution in [2.45, 2.75) is 38.4 Å². The molecule has 2 aliphatic heterocycles. The van der Waals surface area contributed by atoms with Gasteiger partial charge in [0.15, 0.2) is 0 Å². The summed E-state index contributed by atoms with van der Waals surface area (Å²) in [6, 6.07) is 7.45. The largest absolute Gasteiger partial charge is 0.469 e. The normalized spacial score (nSPS) is 19.8. The number of carbonyl (C=O) groups is 3. The first-order valence-corrected chi connectivity index (χ1v) is 10.5. The number of piperazine rings is 1. The third-order valence-electron chi connectivity index (χ3n) is 6.04. The number of nitrogens with zero attached hydrogens (tertiary/aromatic N) is 3. The minimum Gasteiger partial charge on any atom is -0.469 e. The van der Waals surface area contributed by atoms with Gasteiger partial charge < -0.3 is 19.5 Å². The Balaban J connectivity index is 1.58. The molecule has 0 bridgehead atoms. The quantitative estimate of drug-likeness (QED) is 0.719. The first-order chi connectivity index (χ1) is 14.6. The number of aromatic nitrogens is 1. The lowest BCUT2D eigenvalue weighted by Gasteiger charge is -2.34. The van der Waals surface area contributed by atoms with Crippen LogP contribution in [-0.4, -0.2) is 71.5 Å². The van der Waals surface area contributed by atoms with Crippen molar-refractivity contribution in [2.75, 3.05) is 33.3 Å². The maximum absolute atomic E-state index is 12.7. The molecule has 1 N–H and O–H groups in total. The van der Waals surface area contributed by atoms with Crippen molar-refractivity contribution in [1.29, 1.82) is 0 Å². The number of benzene rings is 1. The number of fused-ring (bicyclic) bond motifs is 1. The molecule has 160 valence electrons.